The van der Waals surface area contributed by atoms with E-state index < -0.39 is 10.0 Å². The summed E-state index contributed by atoms with van der Waals surface area (Å²) in [4.78, 5) is 0.804. The van der Waals surface area contributed by atoms with Crippen molar-refractivity contribution in [3.63, 3.8) is 0 Å². The molecule has 0 saturated carbocycles. The Balaban J connectivity index is 2.25. The minimum atomic E-state index is -3.43. The van der Waals surface area contributed by atoms with Crippen LogP contribution in [0.1, 0.15) is 18.2 Å². The van der Waals surface area contributed by atoms with E-state index in [0.717, 1.165) is 12.2 Å². The molecule has 2 heterocycles. The molecule has 4 nitrogen and oxygen atoms in total. The first kappa shape index (κ1) is 14.3. The van der Waals surface area contributed by atoms with Crippen LogP contribution in [0.15, 0.2) is 16.3 Å². The van der Waals surface area contributed by atoms with Crippen molar-refractivity contribution in [2.45, 2.75) is 30.1 Å². The molecule has 0 aromatic carbocycles. The summed E-state index contributed by atoms with van der Waals surface area (Å²) in [5.74, 6) is 0.844. The summed E-state index contributed by atoms with van der Waals surface area (Å²) in [6.45, 7) is 3.00. The Hall–Kier alpha value is -0.0800. The maximum atomic E-state index is 12.5. The second kappa shape index (κ2) is 5.92. The SMILES string of the molecule is CCC1CN(S(=O)(=O)c2ccsc2CO)CCS1. The van der Waals surface area contributed by atoms with Gasteiger partial charge in [0.2, 0.25) is 10.0 Å². The monoisotopic (exact) mass is 307 g/mol. The highest BCUT2D eigenvalue weighted by Gasteiger charge is 2.31. The van der Waals surface area contributed by atoms with Gasteiger partial charge in [-0.3, -0.25) is 0 Å². The Morgan fingerprint density at radius 1 is 1.56 bits per heavy atom. The predicted octanol–water partition coefficient (Wildman–Crippen LogP) is 1.76. The van der Waals surface area contributed by atoms with Crippen LogP contribution in [0, 0.1) is 0 Å². The Kier molecular flexibility index (Phi) is 4.71. The number of sulfonamides is 1. The van der Waals surface area contributed by atoms with Gasteiger partial charge in [0.15, 0.2) is 0 Å². The van der Waals surface area contributed by atoms with Gasteiger partial charge in [0.1, 0.15) is 0 Å². The Morgan fingerprint density at radius 2 is 2.33 bits per heavy atom. The maximum Gasteiger partial charge on any atom is 0.244 e. The number of thioether (sulfide) groups is 1. The largest absolute Gasteiger partial charge is 0.391 e. The van der Waals surface area contributed by atoms with Crippen LogP contribution in [0.4, 0.5) is 0 Å². The quantitative estimate of drug-likeness (QED) is 0.921. The summed E-state index contributed by atoms with van der Waals surface area (Å²) < 4.78 is 26.6. The van der Waals surface area contributed by atoms with E-state index in [0.29, 0.717) is 23.2 Å². The molecule has 1 aliphatic rings. The third kappa shape index (κ3) is 2.75. The van der Waals surface area contributed by atoms with Crippen LogP contribution in [0.2, 0.25) is 0 Å². The van der Waals surface area contributed by atoms with Gasteiger partial charge in [-0.25, -0.2) is 8.42 Å². The smallest absolute Gasteiger partial charge is 0.244 e. The van der Waals surface area contributed by atoms with Gasteiger partial charge in [0.25, 0.3) is 0 Å². The van der Waals surface area contributed by atoms with Crippen molar-refractivity contribution < 1.29 is 13.5 Å². The summed E-state index contributed by atoms with van der Waals surface area (Å²) in [5.41, 5.74) is 0. The molecule has 1 fully saturated rings. The van der Waals surface area contributed by atoms with Crippen molar-refractivity contribution in [3.05, 3.63) is 16.3 Å². The molecule has 7 heteroatoms. The van der Waals surface area contributed by atoms with Gasteiger partial charge >= 0.3 is 0 Å². The first-order valence-corrected chi connectivity index (χ1v) is 9.25. The molecular formula is C11H17NO3S3. The first-order valence-electron chi connectivity index (χ1n) is 5.88. The van der Waals surface area contributed by atoms with E-state index in [4.69, 9.17) is 0 Å². The molecule has 0 spiro atoms. The zero-order valence-electron chi connectivity index (χ0n) is 10.2. The zero-order chi connectivity index (χ0) is 13.2. The van der Waals surface area contributed by atoms with Crippen LogP contribution >= 0.6 is 23.1 Å². The van der Waals surface area contributed by atoms with Crippen LogP contribution in [0.5, 0.6) is 0 Å². The van der Waals surface area contributed by atoms with Crippen molar-refractivity contribution in [2.24, 2.45) is 0 Å². The molecule has 102 valence electrons. The number of rotatable bonds is 4. The third-order valence-corrected chi connectivity index (χ3v) is 7.38. The van der Waals surface area contributed by atoms with Crippen LogP contribution in [-0.2, 0) is 16.6 Å². The van der Waals surface area contributed by atoms with Crippen LogP contribution in [-0.4, -0.2) is 41.9 Å². The fraction of sp³-hybridized carbons (Fsp3) is 0.636. The molecule has 1 unspecified atom stereocenters. The first-order chi connectivity index (χ1) is 8.59. The van der Waals surface area contributed by atoms with E-state index in [2.05, 4.69) is 6.92 Å². The number of aliphatic hydroxyl groups is 1. The summed E-state index contributed by atoms with van der Waals surface area (Å²) in [6.07, 6.45) is 0.979. The number of nitrogens with zero attached hydrogens (tertiary/aromatic N) is 1. The summed E-state index contributed by atoms with van der Waals surface area (Å²) in [7, 11) is -3.43. The minimum absolute atomic E-state index is 0.216. The molecule has 1 aromatic rings. The number of thiophene rings is 1. The molecular weight excluding hydrogens is 290 g/mol. The van der Waals surface area contributed by atoms with Crippen molar-refractivity contribution in [1.82, 2.24) is 4.31 Å². The maximum absolute atomic E-state index is 12.5. The van der Waals surface area contributed by atoms with Gasteiger partial charge in [-0.1, -0.05) is 6.92 Å². The standard InChI is InChI=1S/C11H17NO3S3/c1-2-9-7-12(4-6-16-9)18(14,15)11-3-5-17-10(11)8-13/h3,5,9,13H,2,4,6-8H2,1H3. The van der Waals surface area contributed by atoms with Gasteiger partial charge in [-0.15, -0.1) is 11.3 Å². The highest BCUT2D eigenvalue weighted by atomic mass is 32.2. The molecule has 1 atom stereocenters. The second-order valence-corrected chi connectivity index (χ2v) is 8.45. The fourth-order valence-corrected chi connectivity index (χ4v) is 6.11. The molecule has 1 aliphatic heterocycles. The molecule has 0 bridgehead atoms. The number of hydrogen-bond donors (Lipinski definition) is 1. The minimum Gasteiger partial charge on any atom is -0.391 e. The lowest BCUT2D eigenvalue weighted by molar-refractivity contribution is 0.282. The van der Waals surface area contributed by atoms with Crippen molar-refractivity contribution in [1.29, 1.82) is 0 Å². The molecule has 0 amide bonds. The molecule has 18 heavy (non-hydrogen) atoms. The molecule has 0 aliphatic carbocycles. The van der Waals surface area contributed by atoms with Crippen molar-refractivity contribution in [3.8, 4) is 0 Å². The Labute approximate surface area is 116 Å². The lowest BCUT2D eigenvalue weighted by atomic mass is 10.3. The lowest BCUT2D eigenvalue weighted by Crippen LogP contribution is -2.41. The highest BCUT2D eigenvalue weighted by molar-refractivity contribution is 8.00. The zero-order valence-corrected chi connectivity index (χ0v) is 12.7. The molecule has 1 aromatic heterocycles. The van der Waals surface area contributed by atoms with Crippen molar-refractivity contribution >= 4 is 33.1 Å². The van der Waals surface area contributed by atoms with E-state index in [1.807, 2.05) is 11.8 Å². The molecule has 2 rings (SSSR count). The van der Waals surface area contributed by atoms with E-state index in [-0.39, 0.29) is 11.5 Å². The predicted molar refractivity (Wildman–Crippen MR) is 75.5 cm³/mol. The normalized spacial score (nSPS) is 22.2. The number of aliphatic hydroxyl groups excluding tert-OH is 1. The van der Waals surface area contributed by atoms with E-state index in [1.165, 1.54) is 11.3 Å². The van der Waals surface area contributed by atoms with Crippen LogP contribution < -0.4 is 0 Å². The molecule has 0 radical (unpaired) electrons. The topological polar surface area (TPSA) is 57.6 Å². The average Bonchev–Trinajstić information content (AvgIpc) is 2.88. The molecule has 1 saturated heterocycles. The van der Waals surface area contributed by atoms with Gasteiger partial charge in [-0.2, -0.15) is 16.1 Å². The number of hydrogen-bond acceptors (Lipinski definition) is 5. The van der Waals surface area contributed by atoms with Gasteiger partial charge in [0.05, 0.1) is 11.5 Å². The summed E-state index contributed by atoms with van der Waals surface area (Å²) in [5, 5.41) is 11.3. The van der Waals surface area contributed by atoms with Crippen LogP contribution in [0.3, 0.4) is 0 Å². The summed E-state index contributed by atoms with van der Waals surface area (Å²) >= 11 is 3.12. The van der Waals surface area contributed by atoms with Crippen molar-refractivity contribution in [2.75, 3.05) is 18.8 Å². The van der Waals surface area contributed by atoms with Crippen LogP contribution in [0.25, 0.3) is 0 Å². The van der Waals surface area contributed by atoms with E-state index >= 15 is 0 Å². The second-order valence-electron chi connectivity index (χ2n) is 4.13. The Bertz CT molecular complexity index is 497. The lowest BCUT2D eigenvalue weighted by Gasteiger charge is -2.31. The Morgan fingerprint density at radius 3 is 3.00 bits per heavy atom. The summed E-state index contributed by atoms with van der Waals surface area (Å²) in [6, 6.07) is 1.59. The van der Waals surface area contributed by atoms with E-state index in [9.17, 15) is 13.5 Å². The molecule has 1 N–H and O–H groups in total. The van der Waals surface area contributed by atoms with E-state index in [1.54, 1.807) is 15.8 Å². The third-order valence-electron chi connectivity index (χ3n) is 3.02. The van der Waals surface area contributed by atoms with Gasteiger partial charge < -0.3 is 5.11 Å². The highest BCUT2D eigenvalue weighted by Crippen LogP contribution is 2.29. The van der Waals surface area contributed by atoms with Gasteiger partial charge in [0, 0.05) is 29.0 Å². The fourth-order valence-electron chi connectivity index (χ4n) is 1.97. The van der Waals surface area contributed by atoms with Gasteiger partial charge in [-0.05, 0) is 17.9 Å². The average molecular weight is 307 g/mol.